The van der Waals surface area contributed by atoms with Crippen LogP contribution in [0.25, 0.3) is 0 Å². The zero-order valence-electron chi connectivity index (χ0n) is 17.8. The van der Waals surface area contributed by atoms with Crippen molar-refractivity contribution in [3.05, 3.63) is 106 Å². The Kier molecular flexibility index (Phi) is 5.32. The second kappa shape index (κ2) is 8.29. The number of carbonyl (C=O) groups is 2. The number of rotatable bonds is 2. The number of Topliss-reactive ketones (excluding diaryl/α,β-unsaturated/α-hetero) is 1. The minimum absolute atomic E-state index is 0.0770. The molecule has 0 aromatic heterocycles. The molecule has 4 nitrogen and oxygen atoms in total. The van der Waals surface area contributed by atoms with Crippen LogP contribution < -0.4 is 10.2 Å². The number of hydrogen-bond acceptors (Lipinski definition) is 3. The van der Waals surface area contributed by atoms with E-state index < -0.39 is 6.04 Å². The van der Waals surface area contributed by atoms with Crippen LogP contribution in [-0.4, -0.2) is 11.7 Å². The van der Waals surface area contributed by atoms with E-state index in [1.165, 1.54) is 0 Å². The van der Waals surface area contributed by atoms with Crippen molar-refractivity contribution < 1.29 is 9.59 Å². The molecular formula is C27H23ClN2O2. The van der Waals surface area contributed by atoms with Crippen molar-refractivity contribution >= 4 is 34.7 Å². The average molecular weight is 443 g/mol. The molecule has 3 aromatic carbocycles. The van der Waals surface area contributed by atoms with E-state index in [2.05, 4.69) is 5.32 Å². The van der Waals surface area contributed by atoms with Gasteiger partial charge in [-0.25, -0.2) is 0 Å². The summed E-state index contributed by atoms with van der Waals surface area (Å²) in [7, 11) is 0. The maximum atomic E-state index is 14.0. The molecule has 5 rings (SSSR count). The van der Waals surface area contributed by atoms with Crippen LogP contribution in [0, 0.1) is 6.92 Å². The Morgan fingerprint density at radius 1 is 0.969 bits per heavy atom. The highest BCUT2D eigenvalue weighted by Crippen LogP contribution is 2.45. The summed E-state index contributed by atoms with van der Waals surface area (Å²) in [5.41, 5.74) is 5.66. The predicted octanol–water partition coefficient (Wildman–Crippen LogP) is 6.47. The Morgan fingerprint density at radius 3 is 2.44 bits per heavy atom. The number of allylic oxidation sites excluding steroid dienone is 1. The molecule has 1 atom stereocenters. The zero-order chi connectivity index (χ0) is 22.2. The summed E-state index contributed by atoms with van der Waals surface area (Å²) in [5.74, 6) is -0.0699. The van der Waals surface area contributed by atoms with Crippen molar-refractivity contribution in [3.8, 4) is 0 Å². The number of nitrogens with zero attached hydrogens (tertiary/aromatic N) is 1. The number of anilines is 2. The minimum atomic E-state index is -0.542. The third-order valence-corrected chi connectivity index (χ3v) is 6.39. The van der Waals surface area contributed by atoms with Crippen molar-refractivity contribution in [3.63, 3.8) is 0 Å². The van der Waals surface area contributed by atoms with Crippen molar-refractivity contribution in [2.24, 2.45) is 0 Å². The quantitative estimate of drug-likeness (QED) is 0.494. The van der Waals surface area contributed by atoms with Gasteiger partial charge in [0.05, 0.1) is 17.4 Å². The SMILES string of the molecule is Cc1ccc(C(=O)N2c3ccccc3NC3=C(C(=O)CCC3)C2c2ccc(Cl)cc2)cc1. The highest BCUT2D eigenvalue weighted by Gasteiger charge is 2.39. The predicted molar refractivity (Wildman–Crippen MR) is 128 cm³/mol. The van der Waals surface area contributed by atoms with Gasteiger partial charge in [0.25, 0.3) is 5.91 Å². The van der Waals surface area contributed by atoms with Gasteiger partial charge in [0.1, 0.15) is 0 Å². The van der Waals surface area contributed by atoms with Gasteiger partial charge in [-0.15, -0.1) is 0 Å². The van der Waals surface area contributed by atoms with E-state index in [0.717, 1.165) is 41.0 Å². The Bertz CT molecular complexity index is 1230. The largest absolute Gasteiger partial charge is 0.357 e. The molecule has 1 unspecified atom stereocenters. The summed E-state index contributed by atoms with van der Waals surface area (Å²) in [6, 6.07) is 22.2. The lowest BCUT2D eigenvalue weighted by atomic mass is 9.85. The zero-order valence-corrected chi connectivity index (χ0v) is 18.5. The first-order valence-corrected chi connectivity index (χ1v) is 11.2. The number of nitrogens with one attached hydrogen (secondary N) is 1. The van der Waals surface area contributed by atoms with Gasteiger partial charge in [-0.1, -0.05) is 53.6 Å². The summed E-state index contributed by atoms with van der Waals surface area (Å²) in [4.78, 5) is 29.0. The van der Waals surface area contributed by atoms with Gasteiger partial charge in [0, 0.05) is 28.3 Å². The van der Waals surface area contributed by atoms with Gasteiger partial charge in [0.15, 0.2) is 5.78 Å². The molecule has 160 valence electrons. The Labute approximate surface area is 192 Å². The molecular weight excluding hydrogens is 420 g/mol. The van der Waals surface area contributed by atoms with Crippen LogP contribution in [0.2, 0.25) is 5.02 Å². The van der Waals surface area contributed by atoms with Crippen LogP contribution >= 0.6 is 11.6 Å². The van der Waals surface area contributed by atoms with Crippen LogP contribution in [0.1, 0.15) is 46.8 Å². The molecule has 0 spiro atoms. The summed E-state index contributed by atoms with van der Waals surface area (Å²) >= 11 is 6.17. The van der Waals surface area contributed by atoms with Crippen LogP contribution in [-0.2, 0) is 4.79 Å². The molecule has 1 aliphatic carbocycles. The number of halogens is 1. The maximum Gasteiger partial charge on any atom is 0.259 e. The fourth-order valence-electron chi connectivity index (χ4n) is 4.55. The van der Waals surface area contributed by atoms with E-state index in [4.69, 9.17) is 11.6 Å². The molecule has 1 amide bonds. The molecule has 0 saturated carbocycles. The topological polar surface area (TPSA) is 49.4 Å². The lowest BCUT2D eigenvalue weighted by Crippen LogP contribution is -2.38. The fraction of sp³-hybridized carbons (Fsp3) is 0.185. The van der Waals surface area contributed by atoms with E-state index in [1.54, 1.807) is 4.90 Å². The van der Waals surface area contributed by atoms with E-state index in [1.807, 2.05) is 79.7 Å². The van der Waals surface area contributed by atoms with Gasteiger partial charge >= 0.3 is 0 Å². The normalized spacial score (nSPS) is 17.9. The molecule has 0 bridgehead atoms. The highest BCUT2D eigenvalue weighted by molar-refractivity contribution is 6.30. The standard InChI is InChI=1S/C27H23ClN2O2/c1-17-9-11-19(12-10-17)27(32)30-23-7-3-2-5-21(23)29-22-6-4-8-24(31)25(22)26(30)18-13-15-20(28)16-14-18/h2-3,5,7,9-16,26,29H,4,6,8H2,1H3. The third-order valence-electron chi connectivity index (χ3n) is 6.14. The Balaban J connectivity index is 1.77. The molecule has 3 aromatic rings. The number of aryl methyl sites for hydroxylation is 1. The van der Waals surface area contributed by atoms with Gasteiger partial charge in [0.2, 0.25) is 0 Å². The second-order valence-electron chi connectivity index (χ2n) is 8.31. The number of ketones is 1. The molecule has 1 N–H and O–H groups in total. The molecule has 5 heteroatoms. The second-order valence-corrected chi connectivity index (χ2v) is 8.74. The van der Waals surface area contributed by atoms with Crippen LogP contribution in [0.4, 0.5) is 11.4 Å². The molecule has 0 fully saturated rings. The van der Waals surface area contributed by atoms with E-state index in [-0.39, 0.29) is 11.7 Å². The van der Waals surface area contributed by atoms with E-state index in [9.17, 15) is 9.59 Å². The number of carbonyl (C=O) groups excluding carboxylic acids is 2. The van der Waals surface area contributed by atoms with Gasteiger partial charge in [-0.3, -0.25) is 14.5 Å². The van der Waals surface area contributed by atoms with Gasteiger partial charge in [-0.2, -0.15) is 0 Å². The summed E-state index contributed by atoms with van der Waals surface area (Å²) in [6.45, 7) is 1.99. The van der Waals surface area contributed by atoms with Crippen molar-refractivity contribution in [2.75, 3.05) is 10.2 Å². The molecule has 32 heavy (non-hydrogen) atoms. The number of hydrogen-bond donors (Lipinski definition) is 1. The monoisotopic (exact) mass is 442 g/mol. The first-order valence-electron chi connectivity index (χ1n) is 10.8. The Hall–Kier alpha value is -3.37. The smallest absolute Gasteiger partial charge is 0.259 e. The molecule has 1 heterocycles. The fourth-order valence-corrected chi connectivity index (χ4v) is 4.68. The molecule has 2 aliphatic rings. The van der Waals surface area contributed by atoms with Gasteiger partial charge in [-0.05, 0) is 61.7 Å². The van der Waals surface area contributed by atoms with Crippen molar-refractivity contribution in [1.82, 2.24) is 0 Å². The van der Waals surface area contributed by atoms with Gasteiger partial charge < -0.3 is 5.32 Å². The Morgan fingerprint density at radius 2 is 1.69 bits per heavy atom. The van der Waals surface area contributed by atoms with Crippen molar-refractivity contribution in [2.45, 2.75) is 32.2 Å². The minimum Gasteiger partial charge on any atom is -0.357 e. The summed E-state index contributed by atoms with van der Waals surface area (Å²) in [6.07, 6.45) is 2.05. The number of amides is 1. The first-order chi connectivity index (χ1) is 15.5. The average Bonchev–Trinajstić information content (AvgIpc) is 2.95. The lowest BCUT2D eigenvalue weighted by molar-refractivity contribution is -0.116. The summed E-state index contributed by atoms with van der Waals surface area (Å²) < 4.78 is 0. The number of para-hydroxylation sites is 2. The highest BCUT2D eigenvalue weighted by atomic mass is 35.5. The van der Waals surface area contributed by atoms with Crippen LogP contribution in [0.15, 0.2) is 84.1 Å². The van der Waals surface area contributed by atoms with E-state index in [0.29, 0.717) is 22.6 Å². The summed E-state index contributed by atoms with van der Waals surface area (Å²) in [5, 5.41) is 4.10. The van der Waals surface area contributed by atoms with Crippen LogP contribution in [0.5, 0.6) is 0 Å². The van der Waals surface area contributed by atoms with E-state index >= 15 is 0 Å². The molecule has 1 aliphatic heterocycles. The molecule has 0 radical (unpaired) electrons. The van der Waals surface area contributed by atoms with Crippen LogP contribution in [0.3, 0.4) is 0 Å². The first kappa shape index (κ1) is 20.5. The third kappa shape index (κ3) is 3.61. The lowest BCUT2D eigenvalue weighted by Gasteiger charge is -2.34. The maximum absolute atomic E-state index is 14.0. The van der Waals surface area contributed by atoms with Crippen molar-refractivity contribution in [1.29, 1.82) is 0 Å². The number of fused-ring (bicyclic) bond motifs is 1. The number of benzene rings is 3. The molecule has 0 saturated heterocycles.